The summed E-state index contributed by atoms with van der Waals surface area (Å²) in [6.07, 6.45) is 3.16. The number of fused-ring (bicyclic) bond motifs is 1. The second-order valence-electron chi connectivity index (χ2n) is 6.77. The van der Waals surface area contributed by atoms with Crippen molar-refractivity contribution in [1.82, 2.24) is 9.47 Å². The molecule has 0 spiro atoms. The van der Waals surface area contributed by atoms with E-state index in [9.17, 15) is 9.90 Å². The van der Waals surface area contributed by atoms with E-state index in [1.807, 2.05) is 6.07 Å². The van der Waals surface area contributed by atoms with Gasteiger partial charge in [0.15, 0.2) is 0 Å². The average Bonchev–Trinajstić information content (AvgIpc) is 3.30. The highest BCUT2D eigenvalue weighted by Crippen LogP contribution is 2.36. The highest BCUT2D eigenvalue weighted by Gasteiger charge is 2.26. The van der Waals surface area contributed by atoms with Crippen molar-refractivity contribution in [3.63, 3.8) is 0 Å². The van der Waals surface area contributed by atoms with Gasteiger partial charge >= 0.3 is 6.09 Å². The van der Waals surface area contributed by atoms with Crippen LogP contribution in [-0.2, 0) is 6.54 Å². The maximum atomic E-state index is 11.2. The van der Waals surface area contributed by atoms with Gasteiger partial charge in [-0.2, -0.15) is 11.3 Å². The molecule has 0 atom stereocenters. The van der Waals surface area contributed by atoms with Crippen LogP contribution in [0.25, 0.3) is 10.9 Å². The zero-order valence-corrected chi connectivity index (χ0v) is 15.5. The molecule has 26 heavy (non-hydrogen) atoms. The van der Waals surface area contributed by atoms with Gasteiger partial charge in [-0.1, -0.05) is 0 Å². The third-order valence-corrected chi connectivity index (χ3v) is 5.99. The monoisotopic (exact) mass is 370 g/mol. The van der Waals surface area contributed by atoms with E-state index in [-0.39, 0.29) is 0 Å². The Morgan fingerprint density at radius 2 is 2.12 bits per heavy atom. The van der Waals surface area contributed by atoms with E-state index < -0.39 is 6.09 Å². The van der Waals surface area contributed by atoms with Gasteiger partial charge in [0.1, 0.15) is 5.75 Å². The zero-order chi connectivity index (χ0) is 18.1. The number of piperidine rings is 1. The molecule has 0 aliphatic carbocycles. The molecule has 0 unspecified atom stereocenters. The largest absolute Gasteiger partial charge is 0.497 e. The molecule has 0 radical (unpaired) electrons. The quantitative estimate of drug-likeness (QED) is 0.729. The van der Waals surface area contributed by atoms with Crippen LogP contribution >= 0.6 is 11.3 Å². The number of aromatic nitrogens is 1. The molecular formula is C20H22N2O3S. The maximum absolute atomic E-state index is 11.2. The minimum absolute atomic E-state index is 0.379. The lowest BCUT2D eigenvalue weighted by Crippen LogP contribution is -2.36. The summed E-state index contributed by atoms with van der Waals surface area (Å²) in [5.41, 5.74) is 3.81. The Kier molecular flexibility index (Phi) is 4.59. The number of benzene rings is 1. The first-order valence-electron chi connectivity index (χ1n) is 8.81. The molecular weight excluding hydrogens is 348 g/mol. The first kappa shape index (κ1) is 17.0. The fraction of sp³-hybridized carbons (Fsp3) is 0.350. The number of hydrogen-bond acceptors (Lipinski definition) is 3. The number of thiophene rings is 1. The highest BCUT2D eigenvalue weighted by atomic mass is 32.1. The number of amides is 1. The first-order chi connectivity index (χ1) is 12.7. The number of nitrogens with zero attached hydrogens (tertiary/aromatic N) is 2. The van der Waals surface area contributed by atoms with Gasteiger partial charge in [-0.15, -0.1) is 0 Å². The maximum Gasteiger partial charge on any atom is 0.407 e. The summed E-state index contributed by atoms with van der Waals surface area (Å²) in [6, 6.07) is 8.39. The normalized spacial score (nSPS) is 15.5. The van der Waals surface area contributed by atoms with Crippen LogP contribution in [0.5, 0.6) is 5.75 Å². The Labute approximate surface area is 156 Å². The van der Waals surface area contributed by atoms with Crippen molar-refractivity contribution >= 4 is 28.3 Å². The number of methoxy groups -OCH3 is 1. The second kappa shape index (κ2) is 7.03. The van der Waals surface area contributed by atoms with Crippen LogP contribution in [0.15, 0.2) is 41.2 Å². The Balaban J connectivity index is 1.70. The van der Waals surface area contributed by atoms with Crippen LogP contribution in [-0.4, -0.2) is 40.9 Å². The predicted octanol–water partition coefficient (Wildman–Crippen LogP) is 4.62. The summed E-state index contributed by atoms with van der Waals surface area (Å²) in [5, 5.41) is 14.7. The zero-order valence-electron chi connectivity index (χ0n) is 14.7. The fourth-order valence-electron chi connectivity index (χ4n) is 3.85. The molecule has 1 N–H and O–H groups in total. The molecule has 136 valence electrons. The number of likely N-dealkylation sites (tertiary alicyclic amines) is 1. The van der Waals surface area contributed by atoms with Gasteiger partial charge in [-0.3, -0.25) is 0 Å². The molecule has 2 aromatic heterocycles. The van der Waals surface area contributed by atoms with Gasteiger partial charge in [0.2, 0.25) is 0 Å². The van der Waals surface area contributed by atoms with Crippen LogP contribution in [0.4, 0.5) is 4.79 Å². The van der Waals surface area contributed by atoms with E-state index in [2.05, 4.69) is 39.7 Å². The third kappa shape index (κ3) is 3.17. The van der Waals surface area contributed by atoms with Crippen molar-refractivity contribution in [3.05, 3.63) is 52.3 Å². The van der Waals surface area contributed by atoms with E-state index in [0.717, 1.165) is 25.1 Å². The van der Waals surface area contributed by atoms with E-state index in [1.165, 1.54) is 26.9 Å². The molecule has 0 saturated carbocycles. The van der Waals surface area contributed by atoms with E-state index in [0.29, 0.717) is 19.0 Å². The molecule has 4 rings (SSSR count). The summed E-state index contributed by atoms with van der Waals surface area (Å²) < 4.78 is 7.74. The van der Waals surface area contributed by atoms with Crippen molar-refractivity contribution < 1.29 is 14.6 Å². The van der Waals surface area contributed by atoms with E-state index >= 15 is 0 Å². The Hall–Kier alpha value is -2.47. The van der Waals surface area contributed by atoms with Gasteiger partial charge in [0.25, 0.3) is 0 Å². The number of ether oxygens (including phenoxy) is 1. The van der Waals surface area contributed by atoms with Crippen LogP contribution < -0.4 is 4.74 Å². The van der Waals surface area contributed by atoms with Crippen LogP contribution in [0.3, 0.4) is 0 Å². The Morgan fingerprint density at radius 3 is 2.77 bits per heavy atom. The van der Waals surface area contributed by atoms with Crippen molar-refractivity contribution in [3.8, 4) is 5.75 Å². The molecule has 3 heterocycles. The Bertz CT molecular complexity index is 909. The summed E-state index contributed by atoms with van der Waals surface area (Å²) in [7, 11) is 1.69. The Morgan fingerprint density at radius 1 is 1.31 bits per heavy atom. The van der Waals surface area contributed by atoms with Crippen LogP contribution in [0.1, 0.15) is 29.9 Å². The summed E-state index contributed by atoms with van der Waals surface area (Å²) in [6.45, 7) is 2.04. The topological polar surface area (TPSA) is 54.7 Å². The van der Waals surface area contributed by atoms with Gasteiger partial charge in [0.05, 0.1) is 7.11 Å². The molecule has 1 saturated heterocycles. The minimum atomic E-state index is -0.815. The predicted molar refractivity (Wildman–Crippen MR) is 103 cm³/mol. The first-order valence-corrected chi connectivity index (χ1v) is 9.75. The molecule has 0 bridgehead atoms. The molecule has 5 nitrogen and oxygen atoms in total. The van der Waals surface area contributed by atoms with Crippen molar-refractivity contribution in [2.75, 3.05) is 20.2 Å². The van der Waals surface area contributed by atoms with Crippen LogP contribution in [0, 0.1) is 0 Å². The van der Waals surface area contributed by atoms with E-state index in [1.54, 1.807) is 18.4 Å². The van der Waals surface area contributed by atoms with Gasteiger partial charge in [-0.05, 0) is 64.9 Å². The highest BCUT2D eigenvalue weighted by molar-refractivity contribution is 7.07. The summed E-state index contributed by atoms with van der Waals surface area (Å²) in [4.78, 5) is 12.7. The molecule has 1 aliphatic heterocycles. The van der Waals surface area contributed by atoms with Gasteiger partial charge < -0.3 is 19.3 Å². The lowest BCUT2D eigenvalue weighted by Gasteiger charge is -2.29. The number of carboxylic acid groups (broad SMARTS) is 1. The van der Waals surface area contributed by atoms with Gasteiger partial charge in [-0.25, -0.2) is 4.79 Å². The molecule has 1 aliphatic rings. The lowest BCUT2D eigenvalue weighted by molar-refractivity contribution is 0.132. The number of hydrogen-bond donors (Lipinski definition) is 1. The standard InChI is InChI=1S/C20H22N2O3S/c1-25-16-2-3-19-17(10-16)18(12-22(19)11-14-6-9-26-13-14)15-4-7-21(8-5-15)20(23)24/h2-3,6,9-10,12-13,15H,4-5,7-8,11H2,1H3,(H,23,24). The number of rotatable bonds is 4. The van der Waals surface area contributed by atoms with Gasteiger partial charge in [0, 0.05) is 36.7 Å². The molecule has 1 aromatic carbocycles. The second-order valence-corrected chi connectivity index (χ2v) is 7.55. The van der Waals surface area contributed by atoms with Crippen molar-refractivity contribution in [2.45, 2.75) is 25.3 Å². The molecule has 3 aromatic rings. The molecule has 1 amide bonds. The third-order valence-electron chi connectivity index (χ3n) is 5.26. The average molecular weight is 370 g/mol. The van der Waals surface area contributed by atoms with Crippen molar-refractivity contribution in [1.29, 1.82) is 0 Å². The van der Waals surface area contributed by atoms with E-state index in [4.69, 9.17) is 4.74 Å². The van der Waals surface area contributed by atoms with Crippen LogP contribution in [0.2, 0.25) is 0 Å². The molecule has 6 heteroatoms. The number of carbonyl (C=O) groups is 1. The minimum Gasteiger partial charge on any atom is -0.497 e. The van der Waals surface area contributed by atoms with Crippen molar-refractivity contribution in [2.24, 2.45) is 0 Å². The molecule has 1 fully saturated rings. The smallest absolute Gasteiger partial charge is 0.407 e. The summed E-state index contributed by atoms with van der Waals surface area (Å²) in [5.74, 6) is 1.24. The SMILES string of the molecule is COc1ccc2c(c1)c(C1CCN(C(=O)O)CC1)cn2Cc1ccsc1. The summed E-state index contributed by atoms with van der Waals surface area (Å²) >= 11 is 1.71. The fourth-order valence-corrected chi connectivity index (χ4v) is 4.51. The lowest BCUT2D eigenvalue weighted by atomic mass is 9.89.